The van der Waals surface area contributed by atoms with Crippen LogP contribution in [-0.4, -0.2) is 43.7 Å². The van der Waals surface area contributed by atoms with E-state index in [9.17, 15) is 4.79 Å². The molecule has 0 aromatic heterocycles. The van der Waals surface area contributed by atoms with Gasteiger partial charge >= 0.3 is 0 Å². The summed E-state index contributed by atoms with van der Waals surface area (Å²) in [4.78, 5) is 14.6. The van der Waals surface area contributed by atoms with Crippen molar-refractivity contribution < 1.29 is 14.3 Å². The van der Waals surface area contributed by atoms with E-state index in [0.717, 1.165) is 53.0 Å². The zero-order valence-electron chi connectivity index (χ0n) is 15.1. The normalized spacial score (nSPS) is 14.8. The summed E-state index contributed by atoms with van der Waals surface area (Å²) in [7, 11) is 0. The highest BCUT2D eigenvalue weighted by molar-refractivity contribution is 9.11. The zero-order chi connectivity index (χ0) is 19.2. The second-order valence-electron chi connectivity index (χ2n) is 6.46. The molecule has 0 aliphatic carbocycles. The summed E-state index contributed by atoms with van der Waals surface area (Å²) in [6.07, 6.45) is 0. The highest BCUT2D eigenvalue weighted by Crippen LogP contribution is 2.32. The van der Waals surface area contributed by atoms with Gasteiger partial charge in [0, 0.05) is 29.8 Å². The molecule has 0 bridgehead atoms. The molecule has 1 aliphatic heterocycles. The van der Waals surface area contributed by atoms with Crippen molar-refractivity contribution in [3.8, 4) is 5.75 Å². The molecule has 7 heteroatoms. The Morgan fingerprint density at radius 1 is 1.19 bits per heavy atom. The lowest BCUT2D eigenvalue weighted by atomic mass is 10.2. The molecule has 1 fully saturated rings. The maximum Gasteiger partial charge on any atom is 0.262 e. The zero-order valence-corrected chi connectivity index (χ0v) is 18.3. The van der Waals surface area contributed by atoms with Crippen LogP contribution < -0.4 is 10.1 Å². The van der Waals surface area contributed by atoms with Crippen molar-refractivity contribution in [2.75, 3.05) is 38.2 Å². The standard InChI is InChI=1S/C20H22Br2N2O3/c1-14-10-16(21)11-18(22)20(14)27-13-19(25)23-17-4-2-15(3-5-17)12-24-6-8-26-9-7-24/h2-5,10-11H,6-9,12-13H2,1H3,(H,23,25). The number of amides is 1. The highest BCUT2D eigenvalue weighted by atomic mass is 79.9. The van der Waals surface area contributed by atoms with Gasteiger partial charge in [-0.15, -0.1) is 0 Å². The number of hydrogen-bond donors (Lipinski definition) is 1. The number of nitrogens with one attached hydrogen (secondary N) is 1. The first-order chi connectivity index (χ1) is 13.0. The largest absolute Gasteiger partial charge is 0.482 e. The van der Waals surface area contributed by atoms with Gasteiger partial charge in [0.1, 0.15) is 5.75 Å². The Balaban J connectivity index is 1.50. The van der Waals surface area contributed by atoms with Crippen molar-refractivity contribution in [3.05, 3.63) is 56.5 Å². The van der Waals surface area contributed by atoms with Crippen LogP contribution in [0.1, 0.15) is 11.1 Å². The van der Waals surface area contributed by atoms with Crippen LogP contribution in [0.15, 0.2) is 45.3 Å². The number of morpholine rings is 1. The van der Waals surface area contributed by atoms with Crippen LogP contribution in [0.2, 0.25) is 0 Å². The Kier molecular flexibility index (Phi) is 7.29. The van der Waals surface area contributed by atoms with Gasteiger partial charge in [0.25, 0.3) is 5.91 Å². The summed E-state index contributed by atoms with van der Waals surface area (Å²) >= 11 is 6.90. The second-order valence-corrected chi connectivity index (χ2v) is 8.23. The van der Waals surface area contributed by atoms with Gasteiger partial charge in [-0.2, -0.15) is 0 Å². The number of rotatable bonds is 6. The summed E-state index contributed by atoms with van der Waals surface area (Å²) in [5.74, 6) is 0.486. The molecule has 2 aromatic carbocycles. The second kappa shape index (κ2) is 9.68. The minimum atomic E-state index is -0.190. The Hall–Kier alpha value is -1.41. The molecule has 1 amide bonds. The maximum absolute atomic E-state index is 12.2. The third-order valence-corrected chi connectivity index (χ3v) is 5.34. The van der Waals surface area contributed by atoms with Crippen LogP contribution in [0.25, 0.3) is 0 Å². The molecule has 1 N–H and O–H groups in total. The minimum absolute atomic E-state index is 0.0450. The summed E-state index contributed by atoms with van der Waals surface area (Å²) < 4.78 is 12.8. The van der Waals surface area contributed by atoms with Gasteiger partial charge in [0.15, 0.2) is 6.61 Å². The summed E-state index contributed by atoms with van der Waals surface area (Å²) in [5, 5.41) is 2.87. The summed E-state index contributed by atoms with van der Waals surface area (Å²) in [6, 6.07) is 11.8. The fourth-order valence-corrected chi connectivity index (χ4v) is 4.47. The van der Waals surface area contributed by atoms with Crippen molar-refractivity contribution in [1.29, 1.82) is 0 Å². The molecule has 0 spiro atoms. The van der Waals surface area contributed by atoms with Crippen LogP contribution in [0, 0.1) is 6.92 Å². The van der Waals surface area contributed by atoms with E-state index in [0.29, 0.717) is 5.75 Å². The average molecular weight is 498 g/mol. The molecule has 1 heterocycles. The molecule has 2 aromatic rings. The Morgan fingerprint density at radius 3 is 2.56 bits per heavy atom. The molecule has 5 nitrogen and oxygen atoms in total. The fraction of sp³-hybridized carbons (Fsp3) is 0.350. The fourth-order valence-electron chi connectivity index (χ4n) is 2.92. The molecule has 144 valence electrons. The predicted molar refractivity (Wildman–Crippen MR) is 113 cm³/mol. The molecule has 3 rings (SSSR count). The number of nitrogens with zero attached hydrogens (tertiary/aromatic N) is 1. The van der Waals surface area contributed by atoms with Gasteiger partial charge in [-0.25, -0.2) is 0 Å². The van der Waals surface area contributed by atoms with E-state index in [1.807, 2.05) is 43.3 Å². The van der Waals surface area contributed by atoms with Crippen molar-refractivity contribution >= 4 is 43.5 Å². The topological polar surface area (TPSA) is 50.8 Å². The van der Waals surface area contributed by atoms with Gasteiger partial charge in [0.05, 0.1) is 17.7 Å². The Labute approximate surface area is 176 Å². The van der Waals surface area contributed by atoms with E-state index < -0.39 is 0 Å². The quantitative estimate of drug-likeness (QED) is 0.643. The molecule has 27 heavy (non-hydrogen) atoms. The average Bonchev–Trinajstić information content (AvgIpc) is 2.63. The molecule has 0 saturated carbocycles. The van der Waals surface area contributed by atoms with Gasteiger partial charge < -0.3 is 14.8 Å². The van der Waals surface area contributed by atoms with E-state index in [1.165, 1.54) is 5.56 Å². The van der Waals surface area contributed by atoms with Crippen molar-refractivity contribution in [2.24, 2.45) is 0 Å². The number of ether oxygens (including phenoxy) is 2. The lowest BCUT2D eigenvalue weighted by molar-refractivity contribution is -0.118. The maximum atomic E-state index is 12.2. The predicted octanol–water partition coefficient (Wildman–Crippen LogP) is 4.37. The number of carbonyl (C=O) groups is 1. The number of benzene rings is 2. The molecule has 1 aliphatic rings. The van der Waals surface area contributed by atoms with Crippen molar-refractivity contribution in [2.45, 2.75) is 13.5 Å². The van der Waals surface area contributed by atoms with Crippen LogP contribution in [0.3, 0.4) is 0 Å². The van der Waals surface area contributed by atoms with E-state index >= 15 is 0 Å². The van der Waals surface area contributed by atoms with Gasteiger partial charge in [-0.3, -0.25) is 9.69 Å². The first-order valence-corrected chi connectivity index (χ1v) is 10.4. The number of hydrogen-bond acceptors (Lipinski definition) is 4. The summed E-state index contributed by atoms with van der Waals surface area (Å²) in [6.45, 7) is 6.30. The summed E-state index contributed by atoms with van der Waals surface area (Å²) in [5.41, 5.74) is 2.94. The lowest BCUT2D eigenvalue weighted by Crippen LogP contribution is -2.35. The van der Waals surface area contributed by atoms with Crippen molar-refractivity contribution in [1.82, 2.24) is 4.90 Å². The van der Waals surface area contributed by atoms with E-state index in [1.54, 1.807) is 0 Å². The number of halogens is 2. The molecule has 0 atom stereocenters. The third kappa shape index (κ3) is 6.04. The Morgan fingerprint density at radius 2 is 1.89 bits per heavy atom. The number of carbonyl (C=O) groups excluding carboxylic acids is 1. The van der Waals surface area contributed by atoms with E-state index in [-0.39, 0.29) is 12.5 Å². The van der Waals surface area contributed by atoms with Crippen LogP contribution in [-0.2, 0) is 16.1 Å². The number of aryl methyl sites for hydroxylation is 1. The monoisotopic (exact) mass is 496 g/mol. The third-order valence-electron chi connectivity index (χ3n) is 4.29. The number of anilines is 1. The lowest BCUT2D eigenvalue weighted by Gasteiger charge is -2.26. The van der Waals surface area contributed by atoms with Crippen LogP contribution in [0.5, 0.6) is 5.75 Å². The highest BCUT2D eigenvalue weighted by Gasteiger charge is 2.12. The minimum Gasteiger partial charge on any atom is -0.482 e. The van der Waals surface area contributed by atoms with Crippen LogP contribution >= 0.6 is 31.9 Å². The van der Waals surface area contributed by atoms with E-state index in [2.05, 4.69) is 42.1 Å². The van der Waals surface area contributed by atoms with Gasteiger partial charge in [-0.05, 0) is 58.2 Å². The first kappa shape index (κ1) is 20.3. The molecule has 1 saturated heterocycles. The smallest absolute Gasteiger partial charge is 0.262 e. The molecule has 0 unspecified atom stereocenters. The first-order valence-electron chi connectivity index (χ1n) is 8.78. The van der Waals surface area contributed by atoms with E-state index in [4.69, 9.17) is 9.47 Å². The van der Waals surface area contributed by atoms with Gasteiger partial charge in [0.2, 0.25) is 0 Å². The SMILES string of the molecule is Cc1cc(Br)cc(Br)c1OCC(=O)Nc1ccc(CN2CCOCC2)cc1. The molecular weight excluding hydrogens is 476 g/mol. The van der Waals surface area contributed by atoms with Crippen molar-refractivity contribution in [3.63, 3.8) is 0 Å². The van der Waals surface area contributed by atoms with Gasteiger partial charge in [-0.1, -0.05) is 28.1 Å². The Bertz CT molecular complexity index is 767. The molecule has 0 radical (unpaired) electrons. The molecular formula is C20H22Br2N2O3. The van der Waals surface area contributed by atoms with Crippen LogP contribution in [0.4, 0.5) is 5.69 Å².